The molecule has 4 rings (SSSR count). The maximum atomic E-state index is 13.4. The van der Waals surface area contributed by atoms with Crippen molar-refractivity contribution in [2.75, 3.05) is 28.6 Å². The van der Waals surface area contributed by atoms with Crippen LogP contribution in [-0.2, 0) is 19.1 Å². The summed E-state index contributed by atoms with van der Waals surface area (Å²) in [5.41, 5.74) is 0.652. The van der Waals surface area contributed by atoms with Crippen LogP contribution in [-0.4, -0.2) is 53.4 Å². The molecule has 1 atom stereocenters. The topological polar surface area (TPSA) is 108 Å². The Bertz CT molecular complexity index is 1130. The van der Waals surface area contributed by atoms with Crippen LogP contribution in [0.3, 0.4) is 0 Å². The number of para-hydroxylation sites is 3. The van der Waals surface area contributed by atoms with Crippen LogP contribution in [0.2, 0.25) is 0 Å². The molecule has 0 bridgehead atoms. The molecule has 2 aromatic rings. The fraction of sp³-hybridized carbons (Fsp3) is 0.385. The van der Waals surface area contributed by atoms with E-state index in [-0.39, 0.29) is 11.9 Å². The lowest BCUT2D eigenvalue weighted by atomic mass is 9.95. The van der Waals surface area contributed by atoms with Crippen molar-refractivity contribution in [3.05, 3.63) is 54.6 Å². The number of rotatable bonds is 4. The van der Waals surface area contributed by atoms with Gasteiger partial charge in [0.05, 0.1) is 17.3 Å². The van der Waals surface area contributed by atoms with Gasteiger partial charge in [0.2, 0.25) is 5.91 Å². The highest BCUT2D eigenvalue weighted by Crippen LogP contribution is 2.37. The summed E-state index contributed by atoms with van der Waals surface area (Å²) in [6, 6.07) is 16.0. The molecule has 0 radical (unpaired) electrons. The molecule has 0 aromatic heterocycles. The summed E-state index contributed by atoms with van der Waals surface area (Å²) < 4.78 is 5.56. The number of piperidine rings is 1. The van der Waals surface area contributed by atoms with Gasteiger partial charge in [0.25, 0.3) is 5.91 Å². The monoisotopic (exact) mass is 478 g/mol. The van der Waals surface area contributed by atoms with Crippen molar-refractivity contribution in [1.29, 1.82) is 0 Å². The second-order valence-electron chi connectivity index (χ2n) is 9.34. The summed E-state index contributed by atoms with van der Waals surface area (Å²) in [5.74, 6) is -1.66. The molecule has 2 aliphatic heterocycles. The van der Waals surface area contributed by atoms with Crippen molar-refractivity contribution < 1.29 is 23.9 Å². The summed E-state index contributed by atoms with van der Waals surface area (Å²) >= 11 is 0. The normalized spacial score (nSPS) is 18.2. The van der Waals surface area contributed by atoms with Crippen LogP contribution in [0.15, 0.2) is 54.6 Å². The van der Waals surface area contributed by atoms with Gasteiger partial charge in [0.1, 0.15) is 5.54 Å². The number of likely N-dealkylation sites (tertiary alicyclic amines) is 1. The SMILES string of the molecule is C[C@@H](OC(=O)C1CCN(C(=O)Nc2ccccc2)CC1)C(=O)N1c2ccccc2NC(=O)C1(C)C. The molecule has 0 saturated carbocycles. The van der Waals surface area contributed by atoms with Crippen LogP contribution in [0.25, 0.3) is 0 Å². The summed E-state index contributed by atoms with van der Waals surface area (Å²) in [6.45, 7) is 5.65. The molecule has 1 saturated heterocycles. The molecule has 4 amide bonds. The minimum atomic E-state index is -1.15. The standard InChI is InChI=1S/C26H30N4O5/c1-17(22(31)30-21-12-8-7-11-20(21)28-24(33)26(30,2)3)35-23(32)18-13-15-29(16-14-18)25(34)27-19-9-5-4-6-10-19/h4-12,17-18H,13-16H2,1-3H3,(H,27,34)(H,28,33)/t17-/m1/s1. The number of fused-ring (bicyclic) bond motifs is 1. The zero-order valence-electron chi connectivity index (χ0n) is 20.1. The third-order valence-electron chi connectivity index (χ3n) is 6.51. The fourth-order valence-electron chi connectivity index (χ4n) is 4.39. The van der Waals surface area contributed by atoms with E-state index in [2.05, 4.69) is 10.6 Å². The van der Waals surface area contributed by atoms with Crippen LogP contribution in [0, 0.1) is 5.92 Å². The minimum Gasteiger partial charge on any atom is -0.452 e. The van der Waals surface area contributed by atoms with Crippen LogP contribution in [0.5, 0.6) is 0 Å². The van der Waals surface area contributed by atoms with Gasteiger partial charge >= 0.3 is 12.0 Å². The van der Waals surface area contributed by atoms with Gasteiger partial charge in [-0.25, -0.2) is 4.79 Å². The highest BCUT2D eigenvalue weighted by atomic mass is 16.5. The van der Waals surface area contributed by atoms with E-state index in [0.717, 1.165) is 0 Å². The lowest BCUT2D eigenvalue weighted by molar-refractivity contribution is -0.159. The number of carbonyl (C=O) groups is 4. The Balaban J connectivity index is 1.35. The Morgan fingerprint density at radius 3 is 2.34 bits per heavy atom. The predicted octanol–water partition coefficient (Wildman–Crippen LogP) is 3.63. The van der Waals surface area contributed by atoms with Gasteiger partial charge in [-0.15, -0.1) is 0 Å². The van der Waals surface area contributed by atoms with Crippen LogP contribution in [0.4, 0.5) is 21.9 Å². The number of hydrogen-bond donors (Lipinski definition) is 2. The van der Waals surface area contributed by atoms with Crippen LogP contribution >= 0.6 is 0 Å². The second-order valence-corrected chi connectivity index (χ2v) is 9.34. The number of anilines is 3. The van der Waals surface area contributed by atoms with Gasteiger partial charge in [-0.1, -0.05) is 30.3 Å². The molecule has 184 valence electrons. The first-order valence-corrected chi connectivity index (χ1v) is 11.7. The molecular weight excluding hydrogens is 448 g/mol. The number of amides is 4. The quantitative estimate of drug-likeness (QED) is 0.653. The van der Waals surface area contributed by atoms with Gasteiger partial charge in [-0.05, 0) is 57.9 Å². The average Bonchev–Trinajstić information content (AvgIpc) is 2.85. The molecule has 0 spiro atoms. The number of ether oxygens (including phenoxy) is 1. The zero-order valence-corrected chi connectivity index (χ0v) is 20.1. The summed E-state index contributed by atoms with van der Waals surface area (Å²) in [6.07, 6.45) is -0.176. The number of nitrogens with one attached hydrogen (secondary N) is 2. The lowest BCUT2D eigenvalue weighted by Gasteiger charge is -2.43. The number of urea groups is 1. The maximum absolute atomic E-state index is 13.4. The lowest BCUT2D eigenvalue weighted by Crippen LogP contribution is -2.60. The van der Waals surface area contributed by atoms with Crippen molar-refractivity contribution in [1.82, 2.24) is 4.90 Å². The van der Waals surface area contributed by atoms with E-state index in [1.54, 1.807) is 43.0 Å². The number of benzene rings is 2. The average molecular weight is 479 g/mol. The molecule has 2 aliphatic rings. The third-order valence-corrected chi connectivity index (χ3v) is 6.51. The van der Waals surface area contributed by atoms with E-state index in [4.69, 9.17) is 4.74 Å². The number of nitrogens with zero attached hydrogens (tertiary/aromatic N) is 2. The Hall–Kier alpha value is -3.88. The molecule has 0 aliphatic carbocycles. The van der Waals surface area contributed by atoms with Crippen LogP contribution < -0.4 is 15.5 Å². The van der Waals surface area contributed by atoms with Crippen molar-refractivity contribution in [3.63, 3.8) is 0 Å². The third kappa shape index (κ3) is 4.99. The van der Waals surface area contributed by atoms with Gasteiger partial charge in [0, 0.05) is 18.8 Å². The first-order valence-electron chi connectivity index (χ1n) is 11.7. The predicted molar refractivity (Wildman–Crippen MR) is 132 cm³/mol. The molecule has 35 heavy (non-hydrogen) atoms. The van der Waals surface area contributed by atoms with E-state index < -0.39 is 29.4 Å². The molecule has 2 heterocycles. The number of esters is 1. The number of carbonyl (C=O) groups excluding carboxylic acids is 4. The second kappa shape index (κ2) is 9.77. The van der Waals surface area contributed by atoms with Crippen molar-refractivity contribution >= 4 is 40.9 Å². The smallest absolute Gasteiger partial charge is 0.321 e. The highest BCUT2D eigenvalue weighted by molar-refractivity contribution is 6.15. The molecule has 9 nitrogen and oxygen atoms in total. The first-order chi connectivity index (χ1) is 16.7. The van der Waals surface area contributed by atoms with E-state index in [0.29, 0.717) is 43.0 Å². The van der Waals surface area contributed by atoms with E-state index in [1.165, 1.54) is 11.8 Å². The summed E-state index contributed by atoms with van der Waals surface area (Å²) in [5, 5.41) is 5.66. The fourth-order valence-corrected chi connectivity index (χ4v) is 4.39. The van der Waals surface area contributed by atoms with Crippen molar-refractivity contribution in [2.45, 2.75) is 45.3 Å². The molecule has 0 unspecified atom stereocenters. The van der Waals surface area contributed by atoms with Crippen LogP contribution in [0.1, 0.15) is 33.6 Å². The van der Waals surface area contributed by atoms with Gasteiger partial charge in [0.15, 0.2) is 6.10 Å². The largest absolute Gasteiger partial charge is 0.452 e. The molecule has 2 aromatic carbocycles. The first kappa shape index (κ1) is 24.3. The summed E-state index contributed by atoms with van der Waals surface area (Å²) in [4.78, 5) is 54.4. The van der Waals surface area contributed by atoms with E-state index in [9.17, 15) is 19.2 Å². The Morgan fingerprint density at radius 2 is 1.66 bits per heavy atom. The molecule has 9 heteroatoms. The zero-order chi connectivity index (χ0) is 25.2. The molecular formula is C26H30N4O5. The Morgan fingerprint density at radius 1 is 1.03 bits per heavy atom. The summed E-state index contributed by atoms with van der Waals surface area (Å²) in [7, 11) is 0. The highest BCUT2D eigenvalue weighted by Gasteiger charge is 2.45. The van der Waals surface area contributed by atoms with Gasteiger partial charge in [-0.2, -0.15) is 0 Å². The van der Waals surface area contributed by atoms with Gasteiger partial charge in [-0.3, -0.25) is 19.3 Å². The van der Waals surface area contributed by atoms with E-state index >= 15 is 0 Å². The van der Waals surface area contributed by atoms with Crippen molar-refractivity contribution in [2.24, 2.45) is 5.92 Å². The Kier molecular flexibility index (Phi) is 6.77. The maximum Gasteiger partial charge on any atom is 0.321 e. The molecule has 1 fully saturated rings. The number of hydrogen-bond acceptors (Lipinski definition) is 5. The van der Waals surface area contributed by atoms with Gasteiger partial charge < -0.3 is 20.3 Å². The molecule has 2 N–H and O–H groups in total. The van der Waals surface area contributed by atoms with E-state index in [1.807, 2.05) is 30.3 Å². The Labute approximate surface area is 204 Å². The van der Waals surface area contributed by atoms with Crippen molar-refractivity contribution in [3.8, 4) is 0 Å². The minimum absolute atomic E-state index is 0.212.